The molecule has 0 aliphatic heterocycles. The third kappa shape index (κ3) is 3.58. The Hall–Kier alpha value is -5.66. The van der Waals surface area contributed by atoms with Gasteiger partial charge in [0.05, 0.1) is 9.60 Å². The first-order valence-electron chi connectivity index (χ1n) is 17.7. The van der Waals surface area contributed by atoms with E-state index in [1.165, 1.54) is 0 Å². The van der Waals surface area contributed by atoms with Crippen LogP contribution in [0.3, 0.4) is 0 Å². The monoisotopic (exact) mass is 553 g/mol. The Morgan fingerprint density at radius 2 is 0.907 bits per heavy atom. The summed E-state index contributed by atoms with van der Waals surface area (Å²) in [5.41, 5.74) is 5.12. The third-order valence-electron chi connectivity index (χ3n) is 8.40. The van der Waals surface area contributed by atoms with E-state index in [0.717, 1.165) is 54.6 Å². The van der Waals surface area contributed by atoms with E-state index in [1.54, 1.807) is 0 Å². The zero-order chi connectivity index (χ0) is 34.4. The van der Waals surface area contributed by atoms with E-state index in [4.69, 9.17) is 14.0 Å². The molecule has 1 heteroatoms. The highest BCUT2D eigenvalue weighted by molar-refractivity contribution is 6.24. The number of benzene rings is 8. The number of hydrogen-bond donors (Lipinski definition) is 0. The van der Waals surface area contributed by atoms with Crippen LogP contribution in [0.5, 0.6) is 0 Å². The standard InChI is InChI=1S/C42H26O/c1-2-13-27(14-3-1)40-32-17-6-8-19-34(32)41(35-20-9-7-18-33(35)40)36-26-25-30(28-15-4-5-16-29(28)36)31-22-12-24-39-42(31)37-21-10-11-23-38(37)43-39/h1-26H/i10D,11D,12D,21D,22D,23D,24D. The van der Waals surface area contributed by atoms with E-state index in [2.05, 4.69) is 72.8 Å². The van der Waals surface area contributed by atoms with E-state index in [9.17, 15) is 0 Å². The molecule has 9 rings (SSSR count). The summed E-state index contributed by atoms with van der Waals surface area (Å²) in [4.78, 5) is 0. The zero-order valence-corrected chi connectivity index (χ0v) is 22.9. The molecule has 9 aromatic rings. The van der Waals surface area contributed by atoms with Crippen molar-refractivity contribution >= 4 is 54.3 Å². The molecule has 1 aromatic heterocycles. The highest BCUT2D eigenvalue weighted by atomic mass is 16.3. The fraction of sp³-hybridized carbons (Fsp3) is 0. The molecule has 0 aliphatic carbocycles. The topological polar surface area (TPSA) is 13.1 Å². The Labute approximate surface area is 259 Å². The second-order valence-electron chi connectivity index (χ2n) is 10.7. The summed E-state index contributed by atoms with van der Waals surface area (Å²) in [5.74, 6) is 0. The molecular weight excluding hydrogens is 520 g/mol. The molecule has 0 fully saturated rings. The van der Waals surface area contributed by atoms with Gasteiger partial charge in [0, 0.05) is 10.8 Å². The van der Waals surface area contributed by atoms with Crippen LogP contribution in [0, 0.1) is 0 Å². The van der Waals surface area contributed by atoms with Gasteiger partial charge in [0.25, 0.3) is 0 Å². The van der Waals surface area contributed by atoms with Crippen molar-refractivity contribution in [2.24, 2.45) is 0 Å². The van der Waals surface area contributed by atoms with E-state index >= 15 is 0 Å². The molecule has 0 saturated carbocycles. The van der Waals surface area contributed by atoms with Crippen LogP contribution >= 0.6 is 0 Å². The maximum Gasteiger partial charge on any atom is 0.136 e. The second-order valence-corrected chi connectivity index (χ2v) is 10.7. The molecule has 0 unspecified atom stereocenters. The minimum atomic E-state index is -0.445. The first-order chi connectivity index (χ1) is 24.3. The van der Waals surface area contributed by atoms with Crippen LogP contribution in [0.4, 0.5) is 0 Å². The predicted octanol–water partition coefficient (Wildman–Crippen LogP) is 12.0. The number of rotatable bonds is 3. The third-order valence-corrected chi connectivity index (χ3v) is 8.40. The van der Waals surface area contributed by atoms with Gasteiger partial charge in [-0.25, -0.2) is 0 Å². The molecule has 0 atom stereocenters. The van der Waals surface area contributed by atoms with Gasteiger partial charge >= 0.3 is 0 Å². The normalized spacial score (nSPS) is 14.0. The van der Waals surface area contributed by atoms with Crippen LogP contribution in [0.15, 0.2) is 162 Å². The lowest BCUT2D eigenvalue weighted by Gasteiger charge is -2.19. The van der Waals surface area contributed by atoms with Gasteiger partial charge in [-0.05, 0) is 77.8 Å². The summed E-state index contributed by atoms with van der Waals surface area (Å²) in [6.45, 7) is 0. The van der Waals surface area contributed by atoms with Crippen molar-refractivity contribution in [1.82, 2.24) is 0 Å². The Morgan fingerprint density at radius 3 is 1.60 bits per heavy atom. The molecule has 8 aromatic carbocycles. The second kappa shape index (κ2) is 9.44. The number of furan rings is 1. The van der Waals surface area contributed by atoms with Gasteiger partial charge in [-0.2, -0.15) is 0 Å². The zero-order valence-electron chi connectivity index (χ0n) is 29.9. The van der Waals surface area contributed by atoms with Crippen LogP contribution in [0.2, 0.25) is 0 Å². The number of para-hydroxylation sites is 1. The van der Waals surface area contributed by atoms with Gasteiger partial charge in [-0.3, -0.25) is 0 Å². The Morgan fingerprint density at radius 1 is 0.372 bits per heavy atom. The average molecular weight is 554 g/mol. The average Bonchev–Trinajstić information content (AvgIpc) is 3.55. The highest BCUT2D eigenvalue weighted by Gasteiger charge is 2.20. The molecular formula is C42H26O. The van der Waals surface area contributed by atoms with Gasteiger partial charge in [-0.15, -0.1) is 0 Å². The summed E-state index contributed by atoms with van der Waals surface area (Å²) in [5, 5.41) is 6.48. The maximum atomic E-state index is 9.16. The van der Waals surface area contributed by atoms with Crippen molar-refractivity contribution in [2.75, 3.05) is 0 Å². The van der Waals surface area contributed by atoms with Gasteiger partial charge in [0.15, 0.2) is 0 Å². The summed E-state index contributed by atoms with van der Waals surface area (Å²) >= 11 is 0. The lowest BCUT2D eigenvalue weighted by molar-refractivity contribution is 0.669. The van der Waals surface area contributed by atoms with E-state index < -0.39 is 12.1 Å². The molecule has 200 valence electrons. The number of fused-ring (bicyclic) bond motifs is 6. The Kier molecular flexibility index (Phi) is 3.95. The molecule has 0 saturated heterocycles. The Balaban J connectivity index is 1.42. The minimum Gasteiger partial charge on any atom is -0.456 e. The van der Waals surface area contributed by atoms with Crippen molar-refractivity contribution in [2.45, 2.75) is 0 Å². The van der Waals surface area contributed by atoms with Crippen LogP contribution in [-0.4, -0.2) is 0 Å². The molecule has 1 nitrogen and oxygen atoms in total. The van der Waals surface area contributed by atoms with Crippen LogP contribution in [-0.2, 0) is 0 Å². The van der Waals surface area contributed by atoms with Crippen LogP contribution < -0.4 is 0 Å². The summed E-state index contributed by atoms with van der Waals surface area (Å²) in [6, 6.07) is 36.7. The summed E-state index contributed by atoms with van der Waals surface area (Å²) in [7, 11) is 0. The molecule has 0 amide bonds. The molecule has 1 heterocycles. The van der Waals surface area contributed by atoms with Gasteiger partial charge in [0.1, 0.15) is 11.2 Å². The van der Waals surface area contributed by atoms with Crippen LogP contribution in [0.1, 0.15) is 9.60 Å². The fourth-order valence-electron chi connectivity index (χ4n) is 6.63. The molecule has 0 N–H and O–H groups in total. The first kappa shape index (κ1) is 18.0. The minimum absolute atomic E-state index is 0.0374. The molecule has 0 aliphatic rings. The highest BCUT2D eigenvalue weighted by Crippen LogP contribution is 2.47. The van der Waals surface area contributed by atoms with Gasteiger partial charge < -0.3 is 4.42 Å². The van der Waals surface area contributed by atoms with Gasteiger partial charge in [0.2, 0.25) is 0 Å². The molecule has 0 spiro atoms. The smallest absolute Gasteiger partial charge is 0.136 e. The fourth-order valence-corrected chi connectivity index (χ4v) is 6.63. The van der Waals surface area contributed by atoms with Crippen molar-refractivity contribution in [3.8, 4) is 33.4 Å². The van der Waals surface area contributed by atoms with E-state index in [1.807, 2.05) is 42.5 Å². The lowest BCUT2D eigenvalue weighted by atomic mass is 9.83. The maximum absolute atomic E-state index is 9.16. The quantitative estimate of drug-likeness (QED) is 0.198. The molecule has 0 bridgehead atoms. The van der Waals surface area contributed by atoms with Gasteiger partial charge in [-0.1, -0.05) is 145 Å². The van der Waals surface area contributed by atoms with E-state index in [-0.39, 0.29) is 52.2 Å². The van der Waals surface area contributed by atoms with Crippen molar-refractivity contribution in [3.05, 3.63) is 158 Å². The van der Waals surface area contributed by atoms with E-state index in [0.29, 0.717) is 11.1 Å². The largest absolute Gasteiger partial charge is 0.456 e. The summed E-state index contributed by atoms with van der Waals surface area (Å²) < 4.78 is 66.5. The molecule has 43 heavy (non-hydrogen) atoms. The lowest BCUT2D eigenvalue weighted by Crippen LogP contribution is -1.92. The number of hydrogen-bond acceptors (Lipinski definition) is 1. The first-order valence-corrected chi connectivity index (χ1v) is 14.2. The van der Waals surface area contributed by atoms with Crippen molar-refractivity contribution in [3.63, 3.8) is 0 Å². The van der Waals surface area contributed by atoms with Crippen molar-refractivity contribution < 1.29 is 14.0 Å². The van der Waals surface area contributed by atoms with Crippen molar-refractivity contribution in [1.29, 1.82) is 0 Å². The molecule has 0 radical (unpaired) electrons. The summed E-state index contributed by atoms with van der Waals surface area (Å²) in [6.07, 6.45) is 0. The SMILES string of the molecule is [2H]c1c([2H])c([2H])c2c(oc3c([2H])c([2H])c([2H])c(-c4ccc(-c5c6ccccc6c(-c6ccccc6)c6ccccc56)c5ccccc45)c32)c1[2H]. The van der Waals surface area contributed by atoms with Crippen LogP contribution in [0.25, 0.3) is 87.6 Å². The predicted molar refractivity (Wildman–Crippen MR) is 183 cm³/mol. The Bertz CT molecular complexity index is 2840.